The second-order valence-corrected chi connectivity index (χ2v) is 5.81. The van der Waals surface area contributed by atoms with Gasteiger partial charge in [0.05, 0.1) is 11.2 Å². The third-order valence-electron chi connectivity index (χ3n) is 3.41. The van der Waals surface area contributed by atoms with E-state index in [1.165, 1.54) is 6.33 Å². The van der Waals surface area contributed by atoms with Crippen LogP contribution in [0.2, 0.25) is 0 Å². The molecule has 4 rings (SSSR count). The summed E-state index contributed by atoms with van der Waals surface area (Å²) in [5, 5.41) is 8.40. The third-order valence-corrected chi connectivity index (χ3v) is 3.90. The first-order chi connectivity index (χ1) is 11.3. The molecule has 0 saturated heterocycles. The largest absolute Gasteiger partial charge is 0.340 e. The lowest BCUT2D eigenvalue weighted by Crippen LogP contribution is -1.97. The zero-order chi connectivity index (χ0) is 15.6. The van der Waals surface area contributed by atoms with Gasteiger partial charge in [-0.25, -0.2) is 19.6 Å². The summed E-state index contributed by atoms with van der Waals surface area (Å²) < 4.78 is 2.70. The van der Waals surface area contributed by atoms with Crippen molar-refractivity contribution < 1.29 is 0 Å². The summed E-state index contributed by atoms with van der Waals surface area (Å²) in [5.74, 6) is 0.768. The standard InChI is InChI=1S/C16H11BrN6/c17-11-1-6-15-14(7-11)16(20-9-19-15)22-12-2-4-13(5-3-12)23-10-18-8-21-23/h1-10H,(H,19,20,22). The number of aromatic nitrogens is 5. The SMILES string of the molecule is Brc1ccc2ncnc(Nc3ccc(-n4cncn4)cc3)c2c1. The normalized spacial score (nSPS) is 10.8. The Morgan fingerprint density at radius 3 is 2.61 bits per heavy atom. The van der Waals surface area contributed by atoms with Crippen molar-refractivity contribution in [1.29, 1.82) is 0 Å². The molecule has 0 atom stereocenters. The minimum absolute atomic E-state index is 0.768. The predicted octanol–water partition coefficient (Wildman–Crippen LogP) is 3.72. The molecule has 0 spiro atoms. The van der Waals surface area contributed by atoms with Gasteiger partial charge in [-0.05, 0) is 42.5 Å². The fourth-order valence-corrected chi connectivity index (χ4v) is 2.67. The lowest BCUT2D eigenvalue weighted by atomic mass is 10.2. The van der Waals surface area contributed by atoms with E-state index >= 15 is 0 Å². The van der Waals surface area contributed by atoms with Crippen LogP contribution in [0.3, 0.4) is 0 Å². The molecule has 0 unspecified atom stereocenters. The van der Waals surface area contributed by atoms with E-state index in [0.717, 1.165) is 32.6 Å². The maximum absolute atomic E-state index is 4.34. The smallest absolute Gasteiger partial charge is 0.141 e. The van der Waals surface area contributed by atoms with Crippen LogP contribution in [0.4, 0.5) is 11.5 Å². The van der Waals surface area contributed by atoms with E-state index in [-0.39, 0.29) is 0 Å². The number of benzene rings is 2. The molecule has 2 aromatic heterocycles. The van der Waals surface area contributed by atoms with Gasteiger partial charge in [-0.2, -0.15) is 5.10 Å². The highest BCUT2D eigenvalue weighted by Crippen LogP contribution is 2.26. The maximum atomic E-state index is 4.34. The molecule has 0 fully saturated rings. The van der Waals surface area contributed by atoms with Gasteiger partial charge in [0.25, 0.3) is 0 Å². The number of fused-ring (bicyclic) bond motifs is 1. The van der Waals surface area contributed by atoms with Crippen molar-refractivity contribution in [3.63, 3.8) is 0 Å². The van der Waals surface area contributed by atoms with Crippen molar-refractivity contribution in [2.24, 2.45) is 0 Å². The summed E-state index contributed by atoms with van der Waals surface area (Å²) in [6.45, 7) is 0. The number of nitrogens with one attached hydrogen (secondary N) is 1. The monoisotopic (exact) mass is 366 g/mol. The quantitative estimate of drug-likeness (QED) is 0.598. The molecular formula is C16H11BrN6. The van der Waals surface area contributed by atoms with Gasteiger partial charge in [0.2, 0.25) is 0 Å². The van der Waals surface area contributed by atoms with E-state index in [1.54, 1.807) is 17.3 Å². The lowest BCUT2D eigenvalue weighted by Gasteiger charge is -2.09. The van der Waals surface area contributed by atoms with Gasteiger partial charge in [-0.15, -0.1) is 0 Å². The summed E-state index contributed by atoms with van der Waals surface area (Å²) in [6.07, 6.45) is 4.73. The molecule has 23 heavy (non-hydrogen) atoms. The number of rotatable bonds is 3. The van der Waals surface area contributed by atoms with Crippen LogP contribution >= 0.6 is 15.9 Å². The molecule has 0 saturated carbocycles. The molecule has 0 amide bonds. The van der Waals surface area contributed by atoms with Crippen molar-refractivity contribution in [2.75, 3.05) is 5.32 Å². The highest BCUT2D eigenvalue weighted by atomic mass is 79.9. The summed E-state index contributed by atoms with van der Waals surface area (Å²) in [4.78, 5) is 12.6. The van der Waals surface area contributed by atoms with Gasteiger partial charge in [0.15, 0.2) is 0 Å². The number of hydrogen-bond donors (Lipinski definition) is 1. The first kappa shape index (κ1) is 13.8. The summed E-state index contributed by atoms with van der Waals surface area (Å²) >= 11 is 3.48. The van der Waals surface area contributed by atoms with Crippen molar-refractivity contribution in [3.8, 4) is 5.69 Å². The van der Waals surface area contributed by atoms with E-state index in [9.17, 15) is 0 Å². The Labute approximate surface area is 140 Å². The summed E-state index contributed by atoms with van der Waals surface area (Å²) in [7, 11) is 0. The van der Waals surface area contributed by atoms with Crippen LogP contribution in [0.5, 0.6) is 0 Å². The molecule has 0 aliphatic carbocycles. The third kappa shape index (κ3) is 2.78. The Morgan fingerprint density at radius 2 is 1.83 bits per heavy atom. The minimum Gasteiger partial charge on any atom is -0.340 e. The second-order valence-electron chi connectivity index (χ2n) is 4.90. The fraction of sp³-hybridized carbons (Fsp3) is 0. The van der Waals surface area contributed by atoms with Gasteiger partial charge in [0, 0.05) is 15.5 Å². The molecule has 2 heterocycles. The number of hydrogen-bond acceptors (Lipinski definition) is 5. The summed E-state index contributed by atoms with van der Waals surface area (Å²) in [5.41, 5.74) is 2.78. The highest BCUT2D eigenvalue weighted by Gasteiger charge is 2.05. The molecule has 112 valence electrons. The Morgan fingerprint density at radius 1 is 0.957 bits per heavy atom. The summed E-state index contributed by atoms with van der Waals surface area (Å²) in [6, 6.07) is 13.8. The first-order valence-electron chi connectivity index (χ1n) is 6.92. The zero-order valence-electron chi connectivity index (χ0n) is 11.9. The molecular weight excluding hydrogens is 356 g/mol. The zero-order valence-corrected chi connectivity index (χ0v) is 13.5. The highest BCUT2D eigenvalue weighted by molar-refractivity contribution is 9.10. The van der Waals surface area contributed by atoms with Gasteiger partial charge < -0.3 is 5.32 Å². The van der Waals surface area contributed by atoms with E-state index in [1.807, 2.05) is 42.5 Å². The molecule has 2 aromatic carbocycles. The first-order valence-corrected chi connectivity index (χ1v) is 7.71. The average Bonchev–Trinajstić information content (AvgIpc) is 3.11. The van der Waals surface area contributed by atoms with E-state index in [4.69, 9.17) is 0 Å². The number of anilines is 2. The molecule has 1 N–H and O–H groups in total. The molecule has 4 aromatic rings. The van der Waals surface area contributed by atoms with Crippen LogP contribution in [-0.4, -0.2) is 24.7 Å². The van der Waals surface area contributed by atoms with E-state index in [0.29, 0.717) is 0 Å². The number of halogens is 1. The van der Waals surface area contributed by atoms with Crippen molar-refractivity contribution in [3.05, 3.63) is 65.9 Å². The van der Waals surface area contributed by atoms with Crippen LogP contribution in [0.15, 0.2) is 65.9 Å². The van der Waals surface area contributed by atoms with Crippen molar-refractivity contribution in [2.45, 2.75) is 0 Å². The molecule has 7 heteroatoms. The molecule has 0 aliphatic heterocycles. The van der Waals surface area contributed by atoms with Gasteiger partial charge in [0.1, 0.15) is 24.8 Å². The maximum Gasteiger partial charge on any atom is 0.141 e. The molecule has 6 nitrogen and oxygen atoms in total. The molecule has 0 bridgehead atoms. The van der Waals surface area contributed by atoms with Crippen molar-refractivity contribution in [1.82, 2.24) is 24.7 Å². The van der Waals surface area contributed by atoms with E-state index < -0.39 is 0 Å². The minimum atomic E-state index is 0.768. The molecule has 0 aliphatic rings. The lowest BCUT2D eigenvalue weighted by molar-refractivity contribution is 0.879. The van der Waals surface area contributed by atoms with E-state index in [2.05, 4.69) is 41.3 Å². The van der Waals surface area contributed by atoms with Crippen LogP contribution in [0.25, 0.3) is 16.6 Å². The van der Waals surface area contributed by atoms with Crippen LogP contribution in [0.1, 0.15) is 0 Å². The van der Waals surface area contributed by atoms with Gasteiger partial charge >= 0.3 is 0 Å². The number of nitrogens with zero attached hydrogens (tertiary/aromatic N) is 5. The van der Waals surface area contributed by atoms with Crippen LogP contribution in [-0.2, 0) is 0 Å². The van der Waals surface area contributed by atoms with Crippen LogP contribution < -0.4 is 5.32 Å². The average molecular weight is 367 g/mol. The Hall–Kier alpha value is -2.80. The molecule has 0 radical (unpaired) electrons. The predicted molar refractivity (Wildman–Crippen MR) is 91.9 cm³/mol. The van der Waals surface area contributed by atoms with Gasteiger partial charge in [-0.1, -0.05) is 15.9 Å². The Bertz CT molecular complexity index is 950. The second kappa shape index (κ2) is 5.77. The Balaban J connectivity index is 1.67. The van der Waals surface area contributed by atoms with Crippen molar-refractivity contribution >= 4 is 38.3 Å². The Kier molecular flexibility index (Phi) is 3.47. The van der Waals surface area contributed by atoms with Gasteiger partial charge in [-0.3, -0.25) is 0 Å². The van der Waals surface area contributed by atoms with Crippen LogP contribution in [0, 0.1) is 0 Å². The fourth-order valence-electron chi connectivity index (χ4n) is 2.30. The topological polar surface area (TPSA) is 68.5 Å².